The molecule has 2 nitrogen and oxygen atoms in total. The van der Waals surface area contributed by atoms with Crippen molar-refractivity contribution in [1.82, 2.24) is 10.3 Å². The second-order valence-corrected chi connectivity index (χ2v) is 5.02. The van der Waals surface area contributed by atoms with Gasteiger partial charge in [-0.2, -0.15) is 0 Å². The molecule has 0 saturated heterocycles. The first-order valence-electron chi connectivity index (χ1n) is 6.09. The summed E-state index contributed by atoms with van der Waals surface area (Å²) in [7, 11) is 0. The van der Waals surface area contributed by atoms with Gasteiger partial charge in [0.1, 0.15) is 0 Å². The number of aromatic nitrogens is 1. The molecule has 0 unspecified atom stereocenters. The highest BCUT2D eigenvalue weighted by molar-refractivity contribution is 6.30. The summed E-state index contributed by atoms with van der Waals surface area (Å²) in [5.41, 5.74) is 3.48. The summed E-state index contributed by atoms with van der Waals surface area (Å²) in [6.07, 6.45) is 3.64. The Kier molecular flexibility index (Phi) is 4.34. The minimum atomic E-state index is 0.461. The third kappa shape index (κ3) is 3.31. The molecule has 94 valence electrons. The molecular formula is C15H17ClN2. The lowest BCUT2D eigenvalue weighted by molar-refractivity contribution is 0.589. The van der Waals surface area contributed by atoms with Crippen LogP contribution in [0, 0.1) is 0 Å². The number of halogens is 1. The van der Waals surface area contributed by atoms with Gasteiger partial charge in [-0.1, -0.05) is 37.6 Å². The SMILES string of the molecule is CC(C)NCc1ccc(Cl)cc1-c1cccnc1. The molecule has 0 aliphatic carbocycles. The van der Waals surface area contributed by atoms with Crippen LogP contribution in [0.15, 0.2) is 42.7 Å². The molecule has 0 spiro atoms. The van der Waals surface area contributed by atoms with Gasteiger partial charge in [-0.25, -0.2) is 0 Å². The van der Waals surface area contributed by atoms with Crippen molar-refractivity contribution in [3.05, 3.63) is 53.3 Å². The van der Waals surface area contributed by atoms with E-state index in [9.17, 15) is 0 Å². The number of nitrogens with one attached hydrogen (secondary N) is 1. The summed E-state index contributed by atoms with van der Waals surface area (Å²) >= 11 is 6.09. The van der Waals surface area contributed by atoms with Crippen LogP contribution < -0.4 is 5.32 Å². The third-order valence-electron chi connectivity index (χ3n) is 2.75. The second-order valence-electron chi connectivity index (χ2n) is 4.58. The minimum Gasteiger partial charge on any atom is -0.310 e. The Labute approximate surface area is 113 Å². The summed E-state index contributed by atoms with van der Waals surface area (Å²) in [6.45, 7) is 5.11. The molecule has 3 heteroatoms. The molecule has 0 atom stereocenters. The van der Waals surface area contributed by atoms with Crippen LogP contribution in [0.2, 0.25) is 5.02 Å². The van der Waals surface area contributed by atoms with Gasteiger partial charge in [0.25, 0.3) is 0 Å². The third-order valence-corrected chi connectivity index (χ3v) is 2.98. The molecule has 0 saturated carbocycles. The highest BCUT2D eigenvalue weighted by Crippen LogP contribution is 2.26. The Morgan fingerprint density at radius 2 is 2.11 bits per heavy atom. The molecule has 0 aliphatic heterocycles. The van der Waals surface area contributed by atoms with Crippen molar-refractivity contribution in [2.75, 3.05) is 0 Å². The molecule has 1 heterocycles. The first-order chi connectivity index (χ1) is 8.66. The van der Waals surface area contributed by atoms with Crippen molar-refractivity contribution < 1.29 is 0 Å². The lowest BCUT2D eigenvalue weighted by atomic mass is 10.0. The van der Waals surface area contributed by atoms with E-state index < -0.39 is 0 Å². The molecule has 18 heavy (non-hydrogen) atoms. The molecule has 1 aromatic carbocycles. The van der Waals surface area contributed by atoms with Gasteiger partial charge >= 0.3 is 0 Å². The van der Waals surface area contributed by atoms with Gasteiger partial charge in [0.15, 0.2) is 0 Å². The van der Waals surface area contributed by atoms with Crippen molar-refractivity contribution >= 4 is 11.6 Å². The van der Waals surface area contributed by atoms with E-state index in [1.165, 1.54) is 5.56 Å². The summed E-state index contributed by atoms with van der Waals surface area (Å²) < 4.78 is 0. The van der Waals surface area contributed by atoms with E-state index in [1.54, 1.807) is 6.20 Å². The van der Waals surface area contributed by atoms with E-state index in [4.69, 9.17) is 11.6 Å². The van der Waals surface area contributed by atoms with Gasteiger partial charge in [0.2, 0.25) is 0 Å². The highest BCUT2D eigenvalue weighted by atomic mass is 35.5. The highest BCUT2D eigenvalue weighted by Gasteiger charge is 2.06. The zero-order chi connectivity index (χ0) is 13.0. The molecule has 0 bridgehead atoms. The second kappa shape index (κ2) is 5.98. The van der Waals surface area contributed by atoms with Crippen LogP contribution in [0.25, 0.3) is 11.1 Å². The van der Waals surface area contributed by atoms with Gasteiger partial charge in [0, 0.05) is 35.6 Å². The van der Waals surface area contributed by atoms with Gasteiger partial charge in [-0.05, 0) is 29.3 Å². The van der Waals surface area contributed by atoms with E-state index in [1.807, 2.05) is 24.4 Å². The number of rotatable bonds is 4. The normalized spacial score (nSPS) is 10.9. The summed E-state index contributed by atoms with van der Waals surface area (Å²) in [5, 5.41) is 4.18. The van der Waals surface area contributed by atoms with Crippen molar-refractivity contribution in [1.29, 1.82) is 0 Å². The summed E-state index contributed by atoms with van der Waals surface area (Å²) in [6, 6.07) is 10.4. The largest absolute Gasteiger partial charge is 0.310 e. The van der Waals surface area contributed by atoms with Gasteiger partial charge in [0.05, 0.1) is 0 Å². The number of benzene rings is 1. The van der Waals surface area contributed by atoms with Gasteiger partial charge in [-0.15, -0.1) is 0 Å². The quantitative estimate of drug-likeness (QED) is 0.902. The molecule has 2 rings (SSSR count). The molecule has 0 fully saturated rings. The van der Waals surface area contributed by atoms with E-state index in [0.717, 1.165) is 22.7 Å². The fourth-order valence-electron chi connectivity index (χ4n) is 1.81. The molecule has 0 aliphatic rings. The Hall–Kier alpha value is -1.38. The van der Waals surface area contributed by atoms with Crippen molar-refractivity contribution in [3.8, 4) is 11.1 Å². The molecule has 1 aromatic heterocycles. The Morgan fingerprint density at radius 1 is 1.28 bits per heavy atom. The standard InChI is InChI=1S/C15H17ClN2/c1-11(2)18-10-13-5-6-14(16)8-15(13)12-4-3-7-17-9-12/h3-9,11,18H,10H2,1-2H3. The number of hydrogen-bond acceptors (Lipinski definition) is 2. The molecule has 2 aromatic rings. The maximum atomic E-state index is 6.09. The van der Waals surface area contributed by atoms with E-state index in [2.05, 4.69) is 36.3 Å². The zero-order valence-corrected chi connectivity index (χ0v) is 11.4. The van der Waals surface area contributed by atoms with Crippen LogP contribution in [-0.2, 0) is 6.54 Å². The topological polar surface area (TPSA) is 24.9 Å². The van der Waals surface area contributed by atoms with Gasteiger partial charge in [-0.3, -0.25) is 4.98 Å². The molecule has 0 radical (unpaired) electrons. The average molecular weight is 261 g/mol. The monoisotopic (exact) mass is 260 g/mol. The summed E-state index contributed by atoms with van der Waals surface area (Å²) in [4.78, 5) is 4.16. The van der Waals surface area contributed by atoms with Crippen molar-refractivity contribution in [3.63, 3.8) is 0 Å². The predicted molar refractivity (Wildman–Crippen MR) is 76.7 cm³/mol. The predicted octanol–water partition coefficient (Wildman–Crippen LogP) is 3.90. The van der Waals surface area contributed by atoms with Crippen LogP contribution in [0.1, 0.15) is 19.4 Å². The Bertz CT molecular complexity index is 509. The molecular weight excluding hydrogens is 244 g/mol. The van der Waals surface area contributed by atoms with Crippen molar-refractivity contribution in [2.24, 2.45) is 0 Å². The minimum absolute atomic E-state index is 0.461. The lowest BCUT2D eigenvalue weighted by Gasteiger charge is -2.13. The summed E-state index contributed by atoms with van der Waals surface area (Å²) in [5.74, 6) is 0. The van der Waals surface area contributed by atoms with Crippen LogP contribution in [0.5, 0.6) is 0 Å². The molecule has 1 N–H and O–H groups in total. The van der Waals surface area contributed by atoms with Crippen LogP contribution in [-0.4, -0.2) is 11.0 Å². The maximum Gasteiger partial charge on any atom is 0.0412 e. The van der Waals surface area contributed by atoms with Crippen LogP contribution >= 0.6 is 11.6 Å². The van der Waals surface area contributed by atoms with E-state index in [0.29, 0.717) is 6.04 Å². The average Bonchev–Trinajstić information content (AvgIpc) is 2.38. The number of pyridine rings is 1. The zero-order valence-electron chi connectivity index (χ0n) is 10.7. The van der Waals surface area contributed by atoms with Crippen molar-refractivity contribution in [2.45, 2.75) is 26.4 Å². The fourth-order valence-corrected chi connectivity index (χ4v) is 1.98. The lowest BCUT2D eigenvalue weighted by Crippen LogP contribution is -2.22. The Balaban J connectivity index is 2.35. The molecule has 0 amide bonds. The first-order valence-corrected chi connectivity index (χ1v) is 6.47. The smallest absolute Gasteiger partial charge is 0.0412 e. The van der Waals surface area contributed by atoms with Crippen LogP contribution in [0.3, 0.4) is 0 Å². The number of hydrogen-bond donors (Lipinski definition) is 1. The van der Waals surface area contributed by atoms with Crippen LogP contribution in [0.4, 0.5) is 0 Å². The van der Waals surface area contributed by atoms with E-state index in [-0.39, 0.29) is 0 Å². The van der Waals surface area contributed by atoms with Gasteiger partial charge < -0.3 is 5.32 Å². The Morgan fingerprint density at radius 3 is 2.78 bits per heavy atom. The first kappa shape index (κ1) is 13.1. The maximum absolute atomic E-state index is 6.09. The van der Waals surface area contributed by atoms with E-state index >= 15 is 0 Å². The number of nitrogens with zero attached hydrogens (tertiary/aromatic N) is 1. The fraction of sp³-hybridized carbons (Fsp3) is 0.267.